The molecule has 1 N–H and O–H groups in total. The van der Waals surface area contributed by atoms with Crippen LogP contribution in [0.4, 0.5) is 11.5 Å². The van der Waals surface area contributed by atoms with Crippen molar-refractivity contribution < 1.29 is 0 Å². The van der Waals surface area contributed by atoms with Crippen LogP contribution in [0.15, 0.2) is 54.2 Å². The van der Waals surface area contributed by atoms with Gasteiger partial charge >= 0.3 is 0 Å². The number of aromatic nitrogens is 2. The van der Waals surface area contributed by atoms with Crippen LogP contribution in [-0.2, 0) is 12.8 Å². The highest BCUT2D eigenvalue weighted by Gasteiger charge is 2.16. The Morgan fingerprint density at radius 1 is 0.926 bits per heavy atom. The van der Waals surface area contributed by atoms with Gasteiger partial charge < -0.3 is 5.32 Å². The highest BCUT2D eigenvalue weighted by atomic mass is 127. The Balaban J connectivity index is 1.60. The molecule has 0 atom stereocenters. The lowest BCUT2D eigenvalue weighted by atomic mass is 9.89. The van der Waals surface area contributed by atoms with E-state index in [0.29, 0.717) is 0 Å². The number of nitrogens with one attached hydrogen (secondary N) is 1. The zero-order valence-corrected chi connectivity index (χ0v) is 17.7. The summed E-state index contributed by atoms with van der Waals surface area (Å²) in [5, 5.41) is 6.80. The number of rotatable bonds is 3. The van der Waals surface area contributed by atoms with Gasteiger partial charge in [-0.3, -0.25) is 0 Å². The fourth-order valence-corrected chi connectivity index (χ4v) is 5.03. The van der Waals surface area contributed by atoms with Crippen LogP contribution in [0, 0.1) is 3.57 Å². The van der Waals surface area contributed by atoms with Gasteiger partial charge in [-0.1, -0.05) is 18.2 Å². The summed E-state index contributed by atoms with van der Waals surface area (Å²) in [7, 11) is 0. The zero-order chi connectivity index (χ0) is 18.2. The van der Waals surface area contributed by atoms with E-state index < -0.39 is 0 Å². The summed E-state index contributed by atoms with van der Waals surface area (Å²) >= 11 is 4.00. The fourth-order valence-electron chi connectivity index (χ4n) is 3.75. The molecule has 5 heteroatoms. The molecule has 0 saturated carbocycles. The monoisotopic (exact) mass is 483 g/mol. The Morgan fingerprint density at radius 3 is 2.59 bits per heavy atom. The quantitative estimate of drug-likeness (QED) is 0.335. The van der Waals surface area contributed by atoms with Crippen molar-refractivity contribution >= 4 is 55.6 Å². The van der Waals surface area contributed by atoms with Crippen molar-refractivity contribution in [1.82, 2.24) is 9.97 Å². The topological polar surface area (TPSA) is 37.8 Å². The lowest BCUT2D eigenvalue weighted by molar-refractivity contribution is 0.686. The molecule has 0 bridgehead atoms. The molecule has 0 spiro atoms. The van der Waals surface area contributed by atoms with Crippen LogP contribution in [0.25, 0.3) is 21.3 Å². The van der Waals surface area contributed by atoms with Crippen LogP contribution in [0.1, 0.15) is 24.0 Å². The minimum Gasteiger partial charge on any atom is -0.340 e. The lowest BCUT2D eigenvalue weighted by Gasteiger charge is -2.16. The molecule has 1 aliphatic rings. The number of fused-ring (bicyclic) bond motifs is 2. The number of aryl methyl sites for hydroxylation is 2. The molecule has 2 aromatic carbocycles. The number of benzene rings is 2. The van der Waals surface area contributed by atoms with E-state index in [-0.39, 0.29) is 0 Å². The number of hydrogen-bond acceptors (Lipinski definition) is 4. The Morgan fingerprint density at radius 2 is 1.74 bits per heavy atom. The summed E-state index contributed by atoms with van der Waals surface area (Å²) in [6.45, 7) is 0. The molecule has 3 nitrogen and oxygen atoms in total. The third-order valence-corrected chi connectivity index (χ3v) is 6.74. The molecule has 0 aliphatic heterocycles. The van der Waals surface area contributed by atoms with E-state index in [1.54, 1.807) is 17.7 Å². The van der Waals surface area contributed by atoms with Crippen LogP contribution in [0.5, 0.6) is 0 Å². The fraction of sp³-hybridized carbons (Fsp3) is 0.182. The first-order valence-electron chi connectivity index (χ1n) is 9.15. The number of thiophene rings is 1. The summed E-state index contributed by atoms with van der Waals surface area (Å²) in [5.41, 5.74) is 6.54. The summed E-state index contributed by atoms with van der Waals surface area (Å²) in [4.78, 5) is 10.1. The first-order valence-corrected chi connectivity index (χ1v) is 11.1. The average Bonchev–Trinajstić information content (AvgIpc) is 3.15. The maximum Gasteiger partial charge on any atom is 0.143 e. The van der Waals surface area contributed by atoms with Crippen molar-refractivity contribution in [2.24, 2.45) is 0 Å². The number of nitrogens with zero attached hydrogens (tertiary/aromatic N) is 2. The highest BCUT2D eigenvalue weighted by Crippen LogP contribution is 2.38. The summed E-state index contributed by atoms with van der Waals surface area (Å²) in [6.07, 6.45) is 6.65. The molecule has 27 heavy (non-hydrogen) atoms. The molecule has 0 amide bonds. The van der Waals surface area contributed by atoms with Gasteiger partial charge in [-0.2, -0.15) is 0 Å². The molecule has 2 aromatic heterocycles. The van der Waals surface area contributed by atoms with Crippen molar-refractivity contribution in [2.45, 2.75) is 25.7 Å². The van der Waals surface area contributed by atoms with E-state index in [4.69, 9.17) is 0 Å². The van der Waals surface area contributed by atoms with E-state index in [1.807, 2.05) is 0 Å². The number of anilines is 2. The van der Waals surface area contributed by atoms with Gasteiger partial charge in [0.25, 0.3) is 0 Å². The second-order valence-corrected chi connectivity index (χ2v) is 8.98. The number of hydrogen-bond donors (Lipinski definition) is 1. The molecule has 0 fully saturated rings. The van der Waals surface area contributed by atoms with Gasteiger partial charge in [0.15, 0.2) is 0 Å². The van der Waals surface area contributed by atoms with E-state index in [0.717, 1.165) is 21.7 Å². The summed E-state index contributed by atoms with van der Waals surface area (Å²) in [6, 6.07) is 15.3. The zero-order valence-electron chi connectivity index (χ0n) is 14.7. The predicted octanol–water partition coefficient (Wildman–Crippen LogP) is 6.59. The van der Waals surface area contributed by atoms with Gasteiger partial charge in [-0.15, -0.1) is 11.3 Å². The lowest BCUT2D eigenvalue weighted by Crippen LogP contribution is -2.02. The van der Waals surface area contributed by atoms with Gasteiger partial charge in [0.2, 0.25) is 0 Å². The minimum atomic E-state index is 0.871. The van der Waals surface area contributed by atoms with Crippen molar-refractivity contribution in [3.05, 3.63) is 68.9 Å². The Labute approximate surface area is 176 Å². The summed E-state index contributed by atoms with van der Waals surface area (Å²) in [5.74, 6) is 0.871. The molecular weight excluding hydrogens is 465 g/mol. The van der Waals surface area contributed by atoms with Crippen LogP contribution in [0.3, 0.4) is 0 Å². The van der Waals surface area contributed by atoms with Crippen molar-refractivity contribution in [2.75, 3.05) is 5.32 Å². The van der Waals surface area contributed by atoms with Crippen molar-refractivity contribution in [1.29, 1.82) is 0 Å². The largest absolute Gasteiger partial charge is 0.340 e. The molecular formula is C22H18IN3S. The first-order chi connectivity index (χ1) is 13.3. The Hall–Kier alpha value is -1.99. The smallest absolute Gasteiger partial charge is 0.143 e. The predicted molar refractivity (Wildman–Crippen MR) is 122 cm³/mol. The molecule has 0 unspecified atom stereocenters. The normalized spacial score (nSPS) is 13.5. The molecule has 0 radical (unpaired) electrons. The average molecular weight is 483 g/mol. The van der Waals surface area contributed by atoms with Gasteiger partial charge in [0.05, 0.1) is 5.39 Å². The van der Waals surface area contributed by atoms with E-state index >= 15 is 0 Å². The van der Waals surface area contributed by atoms with Crippen LogP contribution < -0.4 is 5.32 Å². The first kappa shape index (κ1) is 17.1. The van der Waals surface area contributed by atoms with Crippen LogP contribution in [0.2, 0.25) is 0 Å². The van der Waals surface area contributed by atoms with Gasteiger partial charge in [0, 0.05) is 20.2 Å². The van der Waals surface area contributed by atoms with Crippen LogP contribution >= 0.6 is 33.9 Å². The second kappa shape index (κ2) is 7.20. The SMILES string of the molecule is Ic1ccc(Nc2ncnc3scc(-c4ccc5c(c4)CCCC5)c23)cc1. The Bertz CT molecular complexity index is 1120. The molecule has 5 rings (SSSR count). The third kappa shape index (κ3) is 3.34. The van der Waals surface area contributed by atoms with Crippen LogP contribution in [-0.4, -0.2) is 9.97 Å². The summed E-state index contributed by atoms with van der Waals surface area (Å²) < 4.78 is 1.22. The molecule has 0 saturated heterocycles. The van der Waals surface area contributed by atoms with E-state index in [9.17, 15) is 0 Å². The molecule has 1 aliphatic carbocycles. The third-order valence-electron chi connectivity index (χ3n) is 5.14. The second-order valence-electron chi connectivity index (χ2n) is 6.87. The maximum atomic E-state index is 4.55. The highest BCUT2D eigenvalue weighted by molar-refractivity contribution is 14.1. The molecule has 4 aromatic rings. The molecule has 2 heterocycles. The maximum absolute atomic E-state index is 4.55. The van der Waals surface area contributed by atoms with E-state index in [1.165, 1.54) is 51.5 Å². The van der Waals surface area contributed by atoms with Crippen molar-refractivity contribution in [3.8, 4) is 11.1 Å². The van der Waals surface area contributed by atoms with Gasteiger partial charge in [-0.25, -0.2) is 9.97 Å². The number of halogens is 1. The van der Waals surface area contributed by atoms with Crippen molar-refractivity contribution in [3.63, 3.8) is 0 Å². The molecule has 134 valence electrons. The minimum absolute atomic E-state index is 0.871. The Kier molecular flexibility index (Phi) is 4.57. The van der Waals surface area contributed by atoms with E-state index in [2.05, 4.69) is 85.7 Å². The van der Waals surface area contributed by atoms with Gasteiger partial charge in [-0.05, 0) is 89.2 Å². The standard InChI is InChI=1S/C22H18IN3S/c23-17-7-9-18(10-8-17)26-21-20-19(12-27-22(20)25-13-24-21)16-6-5-14-3-1-2-4-15(14)11-16/h5-13H,1-4H2,(H,24,25,26). The van der Waals surface area contributed by atoms with Gasteiger partial charge in [0.1, 0.15) is 17.0 Å².